The van der Waals surface area contributed by atoms with Crippen LogP contribution in [0.1, 0.15) is 65.2 Å². The largest absolute Gasteiger partial charge is 0.377 e. The molecule has 3 heteroatoms. The maximum Gasteiger partial charge on any atom is 0.0703 e. The summed E-state index contributed by atoms with van der Waals surface area (Å²) in [7, 11) is 0. The molecular formula is C17H32N2O. The van der Waals surface area contributed by atoms with Crippen molar-refractivity contribution in [3.8, 4) is 0 Å². The fraction of sp³-hybridized carbons (Fsp3) is 1.00. The van der Waals surface area contributed by atoms with E-state index in [0.717, 1.165) is 13.2 Å². The molecule has 1 N–H and O–H groups in total. The first-order valence-electron chi connectivity index (χ1n) is 8.84. The number of rotatable bonds is 4. The van der Waals surface area contributed by atoms with Crippen molar-refractivity contribution in [1.82, 2.24) is 10.2 Å². The molecule has 20 heavy (non-hydrogen) atoms. The second-order valence-electron chi connectivity index (χ2n) is 7.29. The van der Waals surface area contributed by atoms with Gasteiger partial charge in [-0.25, -0.2) is 0 Å². The minimum absolute atomic E-state index is 0.361. The SMILES string of the molecule is CCC1(CC)CNC2(CCCC2)CN1CC1CCCO1. The highest BCUT2D eigenvalue weighted by Crippen LogP contribution is 2.38. The Kier molecular flexibility index (Phi) is 4.40. The monoisotopic (exact) mass is 280 g/mol. The van der Waals surface area contributed by atoms with Crippen LogP contribution in [0.3, 0.4) is 0 Å². The van der Waals surface area contributed by atoms with Gasteiger partial charge in [0.25, 0.3) is 0 Å². The maximum atomic E-state index is 5.93. The summed E-state index contributed by atoms with van der Waals surface area (Å²) in [5, 5.41) is 3.96. The van der Waals surface area contributed by atoms with Gasteiger partial charge in [0.1, 0.15) is 0 Å². The van der Waals surface area contributed by atoms with E-state index in [1.807, 2.05) is 0 Å². The van der Waals surface area contributed by atoms with Crippen LogP contribution in [0.25, 0.3) is 0 Å². The van der Waals surface area contributed by atoms with Crippen LogP contribution in [0.15, 0.2) is 0 Å². The number of piperazine rings is 1. The molecule has 0 amide bonds. The van der Waals surface area contributed by atoms with Gasteiger partial charge in [-0.05, 0) is 38.5 Å². The van der Waals surface area contributed by atoms with Crippen molar-refractivity contribution in [3.05, 3.63) is 0 Å². The van der Waals surface area contributed by atoms with E-state index in [4.69, 9.17) is 4.74 Å². The van der Waals surface area contributed by atoms with E-state index in [-0.39, 0.29) is 0 Å². The van der Waals surface area contributed by atoms with Crippen LogP contribution in [0, 0.1) is 0 Å². The standard InChI is InChI=1S/C17H32N2O/c1-3-17(4-2)13-18-16(9-5-6-10-16)14-19(17)12-15-8-7-11-20-15/h15,18H,3-14H2,1-2H3. The molecule has 0 radical (unpaired) electrons. The molecule has 2 heterocycles. The van der Waals surface area contributed by atoms with E-state index in [2.05, 4.69) is 24.1 Å². The van der Waals surface area contributed by atoms with Crippen LogP contribution in [0.5, 0.6) is 0 Å². The van der Waals surface area contributed by atoms with Gasteiger partial charge >= 0.3 is 0 Å². The number of nitrogens with zero attached hydrogens (tertiary/aromatic N) is 1. The van der Waals surface area contributed by atoms with Gasteiger partial charge in [-0.1, -0.05) is 26.7 Å². The summed E-state index contributed by atoms with van der Waals surface area (Å²) in [6.07, 6.45) is 11.1. The van der Waals surface area contributed by atoms with E-state index >= 15 is 0 Å². The quantitative estimate of drug-likeness (QED) is 0.857. The van der Waals surface area contributed by atoms with E-state index < -0.39 is 0 Å². The van der Waals surface area contributed by atoms with Crippen molar-refractivity contribution in [2.75, 3.05) is 26.2 Å². The summed E-state index contributed by atoms with van der Waals surface area (Å²) in [6, 6.07) is 0. The fourth-order valence-corrected chi connectivity index (χ4v) is 4.68. The summed E-state index contributed by atoms with van der Waals surface area (Å²) in [6.45, 7) is 9.28. The highest BCUT2D eigenvalue weighted by molar-refractivity contribution is 5.06. The number of nitrogens with one attached hydrogen (secondary N) is 1. The third-order valence-electron chi connectivity index (χ3n) is 6.28. The Bertz CT molecular complexity index is 315. The molecular weight excluding hydrogens is 248 g/mol. The number of hydrogen-bond donors (Lipinski definition) is 1. The molecule has 3 fully saturated rings. The zero-order valence-electron chi connectivity index (χ0n) is 13.4. The number of ether oxygens (including phenoxy) is 1. The lowest BCUT2D eigenvalue weighted by molar-refractivity contribution is -0.0334. The van der Waals surface area contributed by atoms with Gasteiger partial charge < -0.3 is 10.1 Å². The molecule has 3 aliphatic rings. The molecule has 0 aromatic heterocycles. The Hall–Kier alpha value is -0.120. The molecule has 2 saturated heterocycles. The average molecular weight is 280 g/mol. The highest BCUT2D eigenvalue weighted by atomic mass is 16.5. The molecule has 3 rings (SSSR count). The molecule has 116 valence electrons. The highest BCUT2D eigenvalue weighted by Gasteiger charge is 2.47. The van der Waals surface area contributed by atoms with Crippen LogP contribution in [0.4, 0.5) is 0 Å². The summed E-state index contributed by atoms with van der Waals surface area (Å²) in [5.74, 6) is 0. The molecule has 3 nitrogen and oxygen atoms in total. The van der Waals surface area contributed by atoms with Crippen molar-refractivity contribution in [2.45, 2.75) is 82.4 Å². The molecule has 1 aliphatic carbocycles. The van der Waals surface area contributed by atoms with Crippen molar-refractivity contribution >= 4 is 0 Å². The van der Waals surface area contributed by atoms with E-state index in [1.54, 1.807) is 0 Å². The predicted octanol–water partition coefficient (Wildman–Crippen LogP) is 2.94. The maximum absolute atomic E-state index is 5.93. The lowest BCUT2D eigenvalue weighted by Gasteiger charge is -2.54. The van der Waals surface area contributed by atoms with Crippen LogP contribution in [-0.2, 0) is 4.74 Å². The predicted molar refractivity (Wildman–Crippen MR) is 83.1 cm³/mol. The van der Waals surface area contributed by atoms with Gasteiger partial charge in [0, 0.05) is 37.3 Å². The van der Waals surface area contributed by atoms with E-state index in [9.17, 15) is 0 Å². The Morgan fingerprint density at radius 1 is 1.15 bits per heavy atom. The molecule has 0 aromatic rings. The Morgan fingerprint density at radius 3 is 2.50 bits per heavy atom. The number of hydrogen-bond acceptors (Lipinski definition) is 3. The molecule has 0 aromatic carbocycles. The van der Waals surface area contributed by atoms with Crippen molar-refractivity contribution < 1.29 is 4.74 Å². The second-order valence-corrected chi connectivity index (χ2v) is 7.29. The van der Waals surface area contributed by atoms with Gasteiger partial charge in [-0.2, -0.15) is 0 Å². The normalized spacial score (nSPS) is 33.0. The molecule has 1 saturated carbocycles. The van der Waals surface area contributed by atoms with E-state index in [0.29, 0.717) is 17.2 Å². The zero-order valence-corrected chi connectivity index (χ0v) is 13.4. The zero-order chi connectivity index (χ0) is 14.1. The first-order valence-corrected chi connectivity index (χ1v) is 8.84. The molecule has 2 aliphatic heterocycles. The van der Waals surface area contributed by atoms with Crippen molar-refractivity contribution in [1.29, 1.82) is 0 Å². The first kappa shape index (κ1) is 14.8. The topological polar surface area (TPSA) is 24.5 Å². The van der Waals surface area contributed by atoms with Crippen LogP contribution < -0.4 is 5.32 Å². The van der Waals surface area contributed by atoms with Crippen molar-refractivity contribution in [3.63, 3.8) is 0 Å². The summed E-state index contributed by atoms with van der Waals surface area (Å²) >= 11 is 0. The van der Waals surface area contributed by atoms with Gasteiger partial charge in [0.15, 0.2) is 0 Å². The smallest absolute Gasteiger partial charge is 0.0703 e. The lowest BCUT2D eigenvalue weighted by atomic mass is 9.82. The van der Waals surface area contributed by atoms with Crippen LogP contribution >= 0.6 is 0 Å². The third kappa shape index (κ3) is 2.65. The second kappa shape index (κ2) is 5.94. The summed E-state index contributed by atoms with van der Waals surface area (Å²) in [4.78, 5) is 2.81. The minimum Gasteiger partial charge on any atom is -0.377 e. The van der Waals surface area contributed by atoms with Crippen molar-refractivity contribution in [2.24, 2.45) is 0 Å². The van der Waals surface area contributed by atoms with Crippen LogP contribution in [-0.4, -0.2) is 48.3 Å². The van der Waals surface area contributed by atoms with Crippen LogP contribution in [0.2, 0.25) is 0 Å². The first-order chi connectivity index (χ1) is 9.72. The Morgan fingerprint density at radius 2 is 1.90 bits per heavy atom. The Balaban J connectivity index is 1.74. The molecule has 1 atom stereocenters. The molecule has 1 unspecified atom stereocenters. The third-order valence-corrected chi connectivity index (χ3v) is 6.28. The Labute approximate surface area is 124 Å². The summed E-state index contributed by atoms with van der Waals surface area (Å²) in [5.41, 5.74) is 0.784. The van der Waals surface area contributed by atoms with Gasteiger partial charge in [-0.3, -0.25) is 4.90 Å². The fourth-order valence-electron chi connectivity index (χ4n) is 4.68. The average Bonchev–Trinajstić information content (AvgIpc) is 3.13. The molecule has 0 bridgehead atoms. The summed E-state index contributed by atoms with van der Waals surface area (Å²) < 4.78 is 5.93. The van der Waals surface area contributed by atoms with Gasteiger partial charge in [-0.15, -0.1) is 0 Å². The molecule has 1 spiro atoms. The van der Waals surface area contributed by atoms with Gasteiger partial charge in [0.05, 0.1) is 6.10 Å². The minimum atomic E-state index is 0.361. The van der Waals surface area contributed by atoms with E-state index in [1.165, 1.54) is 64.5 Å². The lowest BCUT2D eigenvalue weighted by Crippen LogP contribution is -2.69. The van der Waals surface area contributed by atoms with Gasteiger partial charge in [0.2, 0.25) is 0 Å².